The molecule has 1 aromatic carbocycles. The van der Waals surface area contributed by atoms with Gasteiger partial charge in [-0.3, -0.25) is 10.1 Å². The van der Waals surface area contributed by atoms with E-state index in [9.17, 15) is 4.79 Å². The molecule has 3 N–H and O–H groups in total. The molecule has 1 heterocycles. The van der Waals surface area contributed by atoms with E-state index in [2.05, 4.69) is 27.6 Å². The quantitative estimate of drug-likeness (QED) is 0.612. The molecule has 5 nitrogen and oxygen atoms in total. The van der Waals surface area contributed by atoms with E-state index in [-0.39, 0.29) is 24.2 Å². The molecule has 0 radical (unpaired) electrons. The summed E-state index contributed by atoms with van der Waals surface area (Å²) in [6, 6.07) is 9.61. The highest BCUT2D eigenvalue weighted by Gasteiger charge is 2.18. The second kappa shape index (κ2) is 9.09. The molecule has 120 valence electrons. The Kier molecular flexibility index (Phi) is 7.81. The Morgan fingerprint density at radius 1 is 1.32 bits per heavy atom. The highest BCUT2D eigenvalue weighted by molar-refractivity contribution is 8.00. The number of rotatable bonds is 6. The molecule has 8 heteroatoms. The Bertz CT molecular complexity index is 592. The van der Waals surface area contributed by atoms with Gasteiger partial charge in [0.25, 0.3) is 0 Å². The van der Waals surface area contributed by atoms with Crippen LogP contribution in [0.1, 0.15) is 19.4 Å². The number of nitrogens with one attached hydrogen (secondary N) is 1. The molecule has 2 rings (SSSR count). The van der Waals surface area contributed by atoms with Crippen molar-refractivity contribution >= 4 is 46.5 Å². The zero-order valence-electron chi connectivity index (χ0n) is 12.4. The summed E-state index contributed by atoms with van der Waals surface area (Å²) in [5.41, 5.74) is 7.02. The smallest absolute Gasteiger partial charge is 0.243 e. The van der Waals surface area contributed by atoms with Crippen LogP contribution < -0.4 is 11.1 Å². The van der Waals surface area contributed by atoms with Crippen molar-refractivity contribution in [3.05, 3.63) is 35.9 Å². The largest absolute Gasteiger partial charge is 0.320 e. The van der Waals surface area contributed by atoms with Crippen LogP contribution in [0.15, 0.2) is 34.7 Å². The molecule has 2 aromatic rings. The lowest BCUT2D eigenvalue weighted by Gasteiger charge is -2.13. The number of amides is 1. The van der Waals surface area contributed by atoms with Crippen molar-refractivity contribution in [3.63, 3.8) is 0 Å². The van der Waals surface area contributed by atoms with E-state index in [0.717, 1.165) is 10.1 Å². The van der Waals surface area contributed by atoms with Crippen LogP contribution in [0.5, 0.6) is 0 Å². The summed E-state index contributed by atoms with van der Waals surface area (Å²) < 4.78 is 0.826. The second-order valence-electron chi connectivity index (χ2n) is 4.91. The van der Waals surface area contributed by atoms with Crippen LogP contribution in [-0.2, 0) is 10.5 Å². The molecule has 0 aliphatic rings. The third-order valence-corrected chi connectivity index (χ3v) is 4.91. The van der Waals surface area contributed by atoms with Crippen LogP contribution in [0.2, 0.25) is 0 Å². The fraction of sp³-hybridized carbons (Fsp3) is 0.357. The standard InChI is InChI=1S/C14H18N4OS2.ClH/c1-9(2)11(15)12(19)16-13-17-18-14(21-13)20-8-10-6-4-3-5-7-10;/h3-7,9,11H,8,15H2,1-2H3,(H,16,17,19);1H/t11-;/m0./s1. The van der Waals surface area contributed by atoms with E-state index in [0.29, 0.717) is 5.13 Å². The fourth-order valence-corrected chi connectivity index (χ4v) is 3.24. The maximum atomic E-state index is 11.8. The average molecular weight is 359 g/mol. The number of carbonyl (C=O) groups excluding carboxylic acids is 1. The van der Waals surface area contributed by atoms with Crippen molar-refractivity contribution in [2.24, 2.45) is 11.7 Å². The van der Waals surface area contributed by atoms with Crippen molar-refractivity contribution in [2.75, 3.05) is 5.32 Å². The highest BCUT2D eigenvalue weighted by atomic mass is 35.5. The fourth-order valence-electron chi connectivity index (χ4n) is 1.53. The average Bonchev–Trinajstić information content (AvgIpc) is 2.92. The van der Waals surface area contributed by atoms with Gasteiger partial charge in [-0.05, 0) is 11.5 Å². The molecule has 22 heavy (non-hydrogen) atoms. The van der Waals surface area contributed by atoms with Crippen LogP contribution in [0, 0.1) is 5.92 Å². The molecule has 0 unspecified atom stereocenters. The maximum Gasteiger partial charge on any atom is 0.243 e. The topological polar surface area (TPSA) is 80.9 Å². The van der Waals surface area contributed by atoms with Crippen LogP contribution in [0.25, 0.3) is 0 Å². The minimum absolute atomic E-state index is 0. The van der Waals surface area contributed by atoms with Crippen LogP contribution in [-0.4, -0.2) is 22.1 Å². The predicted octanol–water partition coefficient (Wildman–Crippen LogP) is 3.17. The van der Waals surface area contributed by atoms with Crippen LogP contribution in [0.4, 0.5) is 5.13 Å². The molecule has 0 saturated carbocycles. The van der Waals surface area contributed by atoms with Gasteiger partial charge < -0.3 is 5.73 Å². The van der Waals surface area contributed by atoms with E-state index in [1.165, 1.54) is 16.9 Å². The Morgan fingerprint density at radius 3 is 2.64 bits per heavy atom. The minimum Gasteiger partial charge on any atom is -0.320 e. The van der Waals surface area contributed by atoms with Gasteiger partial charge in [0.2, 0.25) is 11.0 Å². The Labute approximate surface area is 144 Å². The summed E-state index contributed by atoms with van der Waals surface area (Å²) in [4.78, 5) is 11.8. The molecule has 1 atom stereocenters. The molecule has 0 fully saturated rings. The number of hydrogen-bond donors (Lipinski definition) is 2. The zero-order chi connectivity index (χ0) is 15.2. The summed E-state index contributed by atoms with van der Waals surface area (Å²) in [6.45, 7) is 3.82. The Hall–Kier alpha value is -1.15. The van der Waals surface area contributed by atoms with Gasteiger partial charge in [-0.15, -0.1) is 22.6 Å². The Balaban J connectivity index is 0.00000242. The first-order valence-corrected chi connectivity index (χ1v) is 8.43. The molecule has 0 bridgehead atoms. The molecule has 0 aliphatic heterocycles. The van der Waals surface area contributed by atoms with Gasteiger partial charge in [0.15, 0.2) is 4.34 Å². The highest BCUT2D eigenvalue weighted by Crippen LogP contribution is 2.28. The van der Waals surface area contributed by atoms with Crippen molar-refractivity contribution in [2.45, 2.75) is 30.0 Å². The predicted molar refractivity (Wildman–Crippen MR) is 94.6 cm³/mol. The number of hydrogen-bond acceptors (Lipinski definition) is 6. The monoisotopic (exact) mass is 358 g/mol. The van der Waals surface area contributed by atoms with E-state index in [1.807, 2.05) is 32.0 Å². The molecule has 0 spiro atoms. The third-order valence-electron chi connectivity index (χ3n) is 2.86. The minimum atomic E-state index is -0.533. The summed E-state index contributed by atoms with van der Waals surface area (Å²) in [5, 5.41) is 11.2. The molecular formula is C14H19ClN4OS2. The first kappa shape index (κ1) is 18.9. The van der Waals surface area contributed by atoms with Crippen molar-refractivity contribution in [1.29, 1.82) is 0 Å². The van der Waals surface area contributed by atoms with E-state index < -0.39 is 6.04 Å². The third kappa shape index (κ3) is 5.57. The van der Waals surface area contributed by atoms with Gasteiger partial charge in [0.1, 0.15) is 0 Å². The van der Waals surface area contributed by atoms with Crippen LogP contribution >= 0.6 is 35.5 Å². The zero-order valence-corrected chi connectivity index (χ0v) is 14.8. The van der Waals surface area contributed by atoms with Crippen molar-refractivity contribution < 1.29 is 4.79 Å². The summed E-state index contributed by atoms with van der Waals surface area (Å²) in [6.07, 6.45) is 0. The van der Waals surface area contributed by atoms with Crippen molar-refractivity contribution in [3.8, 4) is 0 Å². The van der Waals surface area contributed by atoms with E-state index in [4.69, 9.17) is 5.73 Å². The normalized spacial score (nSPS) is 11.8. The van der Waals surface area contributed by atoms with Gasteiger partial charge in [0.05, 0.1) is 6.04 Å². The number of carbonyl (C=O) groups is 1. The number of thioether (sulfide) groups is 1. The number of nitrogens with zero attached hydrogens (tertiary/aromatic N) is 2. The lowest BCUT2D eigenvalue weighted by molar-refractivity contribution is -0.118. The van der Waals surface area contributed by atoms with Gasteiger partial charge >= 0.3 is 0 Å². The molecule has 0 aliphatic carbocycles. The van der Waals surface area contributed by atoms with Gasteiger partial charge in [-0.2, -0.15) is 0 Å². The number of nitrogens with two attached hydrogens (primary N) is 1. The summed E-state index contributed by atoms with van der Waals surface area (Å²) in [5.74, 6) is 0.695. The molecule has 1 amide bonds. The summed E-state index contributed by atoms with van der Waals surface area (Å²) >= 11 is 2.96. The number of aromatic nitrogens is 2. The van der Waals surface area contributed by atoms with E-state index in [1.54, 1.807) is 11.8 Å². The Morgan fingerprint density at radius 2 is 2.00 bits per heavy atom. The second-order valence-corrected chi connectivity index (χ2v) is 7.11. The summed E-state index contributed by atoms with van der Waals surface area (Å²) in [7, 11) is 0. The maximum absolute atomic E-state index is 11.8. The number of anilines is 1. The number of halogens is 1. The van der Waals surface area contributed by atoms with Gasteiger partial charge in [0, 0.05) is 5.75 Å². The first-order valence-electron chi connectivity index (χ1n) is 6.63. The number of benzene rings is 1. The SMILES string of the molecule is CC(C)[C@H](N)C(=O)Nc1nnc(SCc2ccccc2)s1.Cl. The first-order chi connectivity index (χ1) is 10.1. The van der Waals surface area contributed by atoms with Gasteiger partial charge in [-0.1, -0.05) is 67.3 Å². The lowest BCUT2D eigenvalue weighted by Crippen LogP contribution is -2.39. The van der Waals surface area contributed by atoms with Crippen LogP contribution in [0.3, 0.4) is 0 Å². The van der Waals surface area contributed by atoms with E-state index >= 15 is 0 Å². The molecule has 1 aromatic heterocycles. The lowest BCUT2D eigenvalue weighted by atomic mass is 10.1. The molecular weight excluding hydrogens is 340 g/mol. The van der Waals surface area contributed by atoms with Gasteiger partial charge in [-0.25, -0.2) is 0 Å². The van der Waals surface area contributed by atoms with Crippen molar-refractivity contribution in [1.82, 2.24) is 10.2 Å². The molecule has 0 saturated heterocycles.